The van der Waals surface area contributed by atoms with Gasteiger partial charge in [0.1, 0.15) is 0 Å². The Balaban J connectivity index is 2.49. The Morgan fingerprint density at radius 3 is 2.29 bits per heavy atom. The summed E-state index contributed by atoms with van der Waals surface area (Å²) >= 11 is 0. The standard InChI is InChI=1S/C16H25N/c1-12-9-13(2)14(3)15(10-12)16(11-17)7-5-4-6-8-16/h9-10H,4-8,11,17H2,1-3H3. The van der Waals surface area contributed by atoms with E-state index in [1.54, 1.807) is 0 Å². The highest BCUT2D eigenvalue weighted by Crippen LogP contribution is 2.40. The molecule has 1 aliphatic carbocycles. The molecule has 0 amide bonds. The van der Waals surface area contributed by atoms with Crippen molar-refractivity contribution in [3.63, 3.8) is 0 Å². The van der Waals surface area contributed by atoms with Crippen LogP contribution in [0.5, 0.6) is 0 Å². The van der Waals surface area contributed by atoms with Gasteiger partial charge in [0, 0.05) is 12.0 Å². The third-order valence-corrected chi connectivity index (χ3v) is 4.58. The minimum Gasteiger partial charge on any atom is -0.330 e. The van der Waals surface area contributed by atoms with E-state index in [9.17, 15) is 0 Å². The van der Waals surface area contributed by atoms with Crippen LogP contribution in [0.4, 0.5) is 0 Å². The second kappa shape index (κ2) is 4.81. The van der Waals surface area contributed by atoms with Gasteiger partial charge in [-0.2, -0.15) is 0 Å². The van der Waals surface area contributed by atoms with E-state index in [0.29, 0.717) is 0 Å². The largest absolute Gasteiger partial charge is 0.330 e. The SMILES string of the molecule is Cc1cc(C)c(C)c(C2(CN)CCCCC2)c1. The van der Waals surface area contributed by atoms with Gasteiger partial charge in [-0.1, -0.05) is 37.0 Å². The lowest BCUT2D eigenvalue weighted by Crippen LogP contribution is -2.38. The van der Waals surface area contributed by atoms with Gasteiger partial charge in [0.05, 0.1) is 0 Å². The van der Waals surface area contributed by atoms with Crippen LogP contribution >= 0.6 is 0 Å². The van der Waals surface area contributed by atoms with Crippen LogP contribution in [0.2, 0.25) is 0 Å². The minimum atomic E-state index is 0.263. The number of nitrogens with two attached hydrogens (primary N) is 1. The highest BCUT2D eigenvalue weighted by Gasteiger charge is 2.33. The van der Waals surface area contributed by atoms with Crippen molar-refractivity contribution >= 4 is 0 Å². The predicted octanol–water partition coefficient (Wildman–Crippen LogP) is 3.77. The van der Waals surface area contributed by atoms with E-state index in [2.05, 4.69) is 32.9 Å². The fourth-order valence-corrected chi connectivity index (χ4v) is 3.40. The molecule has 0 saturated heterocycles. The van der Waals surface area contributed by atoms with Crippen LogP contribution in [0.15, 0.2) is 12.1 Å². The van der Waals surface area contributed by atoms with Crippen LogP contribution in [-0.4, -0.2) is 6.54 Å². The highest BCUT2D eigenvalue weighted by molar-refractivity contribution is 5.42. The molecule has 0 spiro atoms. The number of hydrogen-bond acceptors (Lipinski definition) is 1. The molecule has 2 N–H and O–H groups in total. The lowest BCUT2D eigenvalue weighted by molar-refractivity contribution is 0.299. The molecule has 1 saturated carbocycles. The molecule has 1 aliphatic rings. The second-order valence-electron chi connectivity index (χ2n) is 5.80. The quantitative estimate of drug-likeness (QED) is 0.823. The molecule has 0 aromatic heterocycles. The summed E-state index contributed by atoms with van der Waals surface area (Å²) in [5.41, 5.74) is 12.2. The van der Waals surface area contributed by atoms with Crippen LogP contribution in [0.3, 0.4) is 0 Å². The Labute approximate surface area is 105 Å². The molecule has 2 rings (SSSR count). The van der Waals surface area contributed by atoms with Crippen molar-refractivity contribution < 1.29 is 0 Å². The monoisotopic (exact) mass is 231 g/mol. The maximum Gasteiger partial charge on any atom is 0.00783 e. The first kappa shape index (κ1) is 12.6. The van der Waals surface area contributed by atoms with Crippen molar-refractivity contribution in [3.05, 3.63) is 34.4 Å². The average molecular weight is 231 g/mol. The topological polar surface area (TPSA) is 26.0 Å². The molecule has 0 radical (unpaired) electrons. The average Bonchev–Trinajstić information content (AvgIpc) is 2.34. The molecule has 17 heavy (non-hydrogen) atoms. The summed E-state index contributed by atoms with van der Waals surface area (Å²) in [6.07, 6.45) is 6.60. The molecule has 1 aromatic rings. The summed E-state index contributed by atoms with van der Waals surface area (Å²) in [5, 5.41) is 0. The van der Waals surface area contributed by atoms with Crippen molar-refractivity contribution in [3.8, 4) is 0 Å². The zero-order valence-corrected chi connectivity index (χ0v) is 11.5. The van der Waals surface area contributed by atoms with E-state index in [0.717, 1.165) is 6.54 Å². The normalized spacial score (nSPS) is 19.3. The maximum absolute atomic E-state index is 6.14. The van der Waals surface area contributed by atoms with Gasteiger partial charge in [-0.25, -0.2) is 0 Å². The first-order valence-corrected chi connectivity index (χ1v) is 6.87. The molecular weight excluding hydrogens is 206 g/mol. The van der Waals surface area contributed by atoms with Crippen molar-refractivity contribution in [2.45, 2.75) is 58.3 Å². The van der Waals surface area contributed by atoms with Gasteiger partial charge < -0.3 is 5.73 Å². The van der Waals surface area contributed by atoms with Crippen LogP contribution < -0.4 is 5.73 Å². The Bertz CT molecular complexity index is 400. The van der Waals surface area contributed by atoms with E-state index in [1.807, 2.05) is 0 Å². The zero-order chi connectivity index (χ0) is 12.5. The maximum atomic E-state index is 6.14. The Hall–Kier alpha value is -0.820. The molecule has 1 heteroatoms. The summed E-state index contributed by atoms with van der Waals surface area (Å²) in [4.78, 5) is 0. The number of aryl methyl sites for hydroxylation is 2. The molecule has 0 bridgehead atoms. The summed E-state index contributed by atoms with van der Waals surface area (Å²) in [6, 6.07) is 4.66. The molecular formula is C16H25N. The fourth-order valence-electron chi connectivity index (χ4n) is 3.40. The van der Waals surface area contributed by atoms with Gasteiger partial charge in [0.15, 0.2) is 0 Å². The van der Waals surface area contributed by atoms with Crippen LogP contribution in [-0.2, 0) is 5.41 Å². The Morgan fingerprint density at radius 1 is 1.06 bits per heavy atom. The van der Waals surface area contributed by atoms with E-state index >= 15 is 0 Å². The number of hydrogen-bond donors (Lipinski definition) is 1. The minimum absolute atomic E-state index is 0.263. The number of rotatable bonds is 2. The van der Waals surface area contributed by atoms with Gasteiger partial charge in [-0.15, -0.1) is 0 Å². The molecule has 0 heterocycles. The first-order valence-electron chi connectivity index (χ1n) is 6.87. The highest BCUT2D eigenvalue weighted by atomic mass is 14.6. The Morgan fingerprint density at radius 2 is 1.71 bits per heavy atom. The lowest BCUT2D eigenvalue weighted by Gasteiger charge is -2.38. The molecule has 94 valence electrons. The van der Waals surface area contributed by atoms with Crippen LogP contribution in [0, 0.1) is 20.8 Å². The summed E-state index contributed by atoms with van der Waals surface area (Å²) in [6.45, 7) is 7.48. The van der Waals surface area contributed by atoms with Crippen molar-refractivity contribution in [2.75, 3.05) is 6.54 Å². The molecule has 0 aliphatic heterocycles. The van der Waals surface area contributed by atoms with Crippen LogP contribution in [0.25, 0.3) is 0 Å². The molecule has 1 nitrogen and oxygen atoms in total. The van der Waals surface area contributed by atoms with E-state index in [-0.39, 0.29) is 5.41 Å². The summed E-state index contributed by atoms with van der Waals surface area (Å²) in [5.74, 6) is 0. The number of benzene rings is 1. The van der Waals surface area contributed by atoms with E-state index < -0.39 is 0 Å². The molecule has 1 fully saturated rings. The van der Waals surface area contributed by atoms with E-state index in [4.69, 9.17) is 5.73 Å². The molecule has 1 aromatic carbocycles. The van der Waals surface area contributed by atoms with Gasteiger partial charge in [-0.05, 0) is 50.3 Å². The third kappa shape index (κ3) is 2.26. The Kier molecular flexibility index (Phi) is 3.58. The summed E-state index contributed by atoms with van der Waals surface area (Å²) in [7, 11) is 0. The van der Waals surface area contributed by atoms with E-state index in [1.165, 1.54) is 54.4 Å². The van der Waals surface area contributed by atoms with Crippen LogP contribution in [0.1, 0.15) is 54.4 Å². The van der Waals surface area contributed by atoms with Gasteiger partial charge in [-0.3, -0.25) is 0 Å². The van der Waals surface area contributed by atoms with Crippen molar-refractivity contribution in [1.29, 1.82) is 0 Å². The predicted molar refractivity (Wildman–Crippen MR) is 74.5 cm³/mol. The third-order valence-electron chi connectivity index (χ3n) is 4.58. The second-order valence-corrected chi connectivity index (χ2v) is 5.80. The van der Waals surface area contributed by atoms with Crippen molar-refractivity contribution in [1.82, 2.24) is 0 Å². The lowest BCUT2D eigenvalue weighted by atomic mass is 9.67. The first-order chi connectivity index (χ1) is 8.09. The fraction of sp³-hybridized carbons (Fsp3) is 0.625. The van der Waals surface area contributed by atoms with Gasteiger partial charge >= 0.3 is 0 Å². The summed E-state index contributed by atoms with van der Waals surface area (Å²) < 4.78 is 0. The zero-order valence-electron chi connectivity index (χ0n) is 11.5. The van der Waals surface area contributed by atoms with Crippen molar-refractivity contribution in [2.24, 2.45) is 5.73 Å². The molecule has 0 atom stereocenters. The van der Waals surface area contributed by atoms with Gasteiger partial charge in [0.25, 0.3) is 0 Å². The van der Waals surface area contributed by atoms with Gasteiger partial charge in [0.2, 0.25) is 0 Å². The molecule has 0 unspecified atom stereocenters. The smallest absolute Gasteiger partial charge is 0.00783 e.